The van der Waals surface area contributed by atoms with E-state index in [4.69, 9.17) is 0 Å². The zero-order valence-corrected chi connectivity index (χ0v) is 24.6. The predicted molar refractivity (Wildman–Crippen MR) is 191 cm³/mol. The number of para-hydroxylation sites is 2. The lowest BCUT2D eigenvalue weighted by Gasteiger charge is -2.09. The third kappa shape index (κ3) is 3.29. The van der Waals surface area contributed by atoms with Crippen LogP contribution in [0.2, 0.25) is 0 Å². The molecule has 204 valence electrons. The fraction of sp³-hybridized carbons (Fsp3) is 0. The van der Waals surface area contributed by atoms with Gasteiger partial charge in [-0.25, -0.2) is 0 Å². The second-order valence-corrected chi connectivity index (χ2v) is 12.8. The molecule has 0 aliphatic heterocycles. The van der Waals surface area contributed by atoms with Gasteiger partial charge in [-0.3, -0.25) is 0 Å². The van der Waals surface area contributed by atoms with Gasteiger partial charge in [0.1, 0.15) is 0 Å². The molecule has 1 nitrogen and oxygen atoms in total. The number of aromatic nitrogens is 1. The highest BCUT2D eigenvalue weighted by Crippen LogP contribution is 2.45. The van der Waals surface area contributed by atoms with E-state index in [0.717, 1.165) is 0 Å². The molecular formula is C42H25NS. The predicted octanol–water partition coefficient (Wildman–Crippen LogP) is 12.3. The molecule has 0 aliphatic carbocycles. The summed E-state index contributed by atoms with van der Waals surface area (Å²) >= 11 is 1.90. The summed E-state index contributed by atoms with van der Waals surface area (Å²) in [5.41, 5.74) is 8.65. The van der Waals surface area contributed by atoms with Gasteiger partial charge >= 0.3 is 0 Å². The van der Waals surface area contributed by atoms with Gasteiger partial charge in [-0.2, -0.15) is 0 Å². The van der Waals surface area contributed by atoms with E-state index in [-0.39, 0.29) is 0 Å². The molecule has 0 spiro atoms. The maximum atomic E-state index is 2.52. The molecule has 3 heterocycles. The minimum Gasteiger partial charge on any atom is -0.308 e. The zero-order chi connectivity index (χ0) is 28.8. The molecule has 0 amide bonds. The van der Waals surface area contributed by atoms with Crippen molar-refractivity contribution in [3.05, 3.63) is 152 Å². The monoisotopic (exact) mass is 575 g/mol. The number of thiophene rings is 1. The standard InChI is InChI=1S/C42H25NS/c1-2-10-26(11-3-1)27-20-22-28(23-21-27)29-24-34-31-13-5-7-17-37(31)43-36-16-6-4-12-30(36)32-14-8-18-38-40(32)41-33(35(25-29)42(34)43)15-9-19-39(41)44-38/h1-25H. The Morgan fingerprint density at radius 3 is 1.43 bits per heavy atom. The van der Waals surface area contributed by atoms with Crippen LogP contribution < -0.4 is 0 Å². The van der Waals surface area contributed by atoms with Crippen LogP contribution in [0.1, 0.15) is 0 Å². The maximum Gasteiger partial charge on any atom is 0.0620 e. The first-order valence-corrected chi connectivity index (χ1v) is 15.9. The molecule has 0 unspecified atom stereocenters. The topological polar surface area (TPSA) is 4.41 Å². The third-order valence-corrected chi connectivity index (χ3v) is 10.5. The number of hydrogen-bond acceptors (Lipinski definition) is 1. The molecule has 44 heavy (non-hydrogen) atoms. The first kappa shape index (κ1) is 24.0. The lowest BCUT2D eigenvalue weighted by atomic mass is 9.96. The van der Waals surface area contributed by atoms with Crippen molar-refractivity contribution in [2.75, 3.05) is 0 Å². The molecule has 7 aromatic carbocycles. The molecule has 0 N–H and O–H groups in total. The van der Waals surface area contributed by atoms with Crippen molar-refractivity contribution in [3.8, 4) is 22.3 Å². The Kier molecular flexibility index (Phi) is 4.94. The minimum atomic E-state index is 1.22. The number of fused-ring (bicyclic) bond motifs is 7. The van der Waals surface area contributed by atoms with Crippen LogP contribution in [0.4, 0.5) is 0 Å². The first-order valence-electron chi connectivity index (χ1n) is 15.1. The Bertz CT molecular complexity index is 2750. The van der Waals surface area contributed by atoms with Crippen LogP contribution in [0.15, 0.2) is 152 Å². The highest BCUT2D eigenvalue weighted by molar-refractivity contribution is 7.26. The summed E-state index contributed by atoms with van der Waals surface area (Å²) in [6, 6.07) is 56.0. The van der Waals surface area contributed by atoms with Gasteiger partial charge in [0.25, 0.3) is 0 Å². The highest BCUT2D eigenvalue weighted by Gasteiger charge is 2.19. The lowest BCUT2D eigenvalue weighted by molar-refractivity contribution is 1.35. The summed E-state index contributed by atoms with van der Waals surface area (Å²) < 4.78 is 5.18. The quantitative estimate of drug-likeness (QED) is 0.193. The molecule has 3 aromatic heterocycles. The van der Waals surface area contributed by atoms with Crippen molar-refractivity contribution in [2.24, 2.45) is 0 Å². The van der Waals surface area contributed by atoms with Crippen molar-refractivity contribution in [3.63, 3.8) is 0 Å². The van der Waals surface area contributed by atoms with Crippen LogP contribution in [-0.2, 0) is 0 Å². The smallest absolute Gasteiger partial charge is 0.0620 e. The maximum absolute atomic E-state index is 2.52. The number of rotatable bonds is 2. The number of nitrogens with zero attached hydrogens (tertiary/aromatic N) is 1. The van der Waals surface area contributed by atoms with E-state index in [9.17, 15) is 0 Å². The molecule has 10 aromatic rings. The van der Waals surface area contributed by atoms with E-state index in [0.29, 0.717) is 0 Å². The van der Waals surface area contributed by atoms with Crippen LogP contribution in [0, 0.1) is 0 Å². The Labute approximate surface area is 257 Å². The van der Waals surface area contributed by atoms with Gasteiger partial charge < -0.3 is 4.40 Å². The molecular weight excluding hydrogens is 551 g/mol. The van der Waals surface area contributed by atoms with Crippen molar-refractivity contribution in [1.29, 1.82) is 0 Å². The molecule has 0 radical (unpaired) electrons. The van der Waals surface area contributed by atoms with E-state index < -0.39 is 0 Å². The summed E-state index contributed by atoms with van der Waals surface area (Å²) in [7, 11) is 0. The molecule has 2 heteroatoms. The average molecular weight is 576 g/mol. The van der Waals surface area contributed by atoms with Gasteiger partial charge in [0.15, 0.2) is 0 Å². The van der Waals surface area contributed by atoms with Gasteiger partial charge in [-0.15, -0.1) is 11.3 Å². The van der Waals surface area contributed by atoms with E-state index in [1.165, 1.54) is 91.3 Å². The van der Waals surface area contributed by atoms with Crippen LogP contribution >= 0.6 is 11.3 Å². The molecule has 0 saturated carbocycles. The highest BCUT2D eigenvalue weighted by atomic mass is 32.1. The van der Waals surface area contributed by atoms with Gasteiger partial charge in [-0.1, -0.05) is 115 Å². The Morgan fingerprint density at radius 1 is 0.341 bits per heavy atom. The van der Waals surface area contributed by atoms with Gasteiger partial charge in [0.05, 0.1) is 16.6 Å². The second-order valence-electron chi connectivity index (χ2n) is 11.7. The summed E-state index contributed by atoms with van der Waals surface area (Å²) in [4.78, 5) is 0. The van der Waals surface area contributed by atoms with E-state index >= 15 is 0 Å². The Hall–Kier alpha value is -5.44. The SMILES string of the molecule is c1ccc(-c2ccc(-c3cc4c5cccc6sc7cccc(c8ccccc8n8c9ccccc9c(c3)c48)c7c65)cc2)cc1. The molecule has 0 fully saturated rings. The molecule has 0 aliphatic rings. The molecule has 0 bridgehead atoms. The first-order chi connectivity index (χ1) is 21.8. The van der Waals surface area contributed by atoms with Crippen molar-refractivity contribution in [1.82, 2.24) is 4.40 Å². The summed E-state index contributed by atoms with van der Waals surface area (Å²) in [6.45, 7) is 0. The van der Waals surface area contributed by atoms with E-state index in [1.807, 2.05) is 11.3 Å². The largest absolute Gasteiger partial charge is 0.308 e. The minimum absolute atomic E-state index is 1.22. The Morgan fingerprint density at radius 2 is 0.795 bits per heavy atom. The van der Waals surface area contributed by atoms with Crippen LogP contribution in [-0.4, -0.2) is 4.40 Å². The lowest BCUT2D eigenvalue weighted by Crippen LogP contribution is -1.87. The van der Waals surface area contributed by atoms with Crippen LogP contribution in [0.3, 0.4) is 0 Å². The van der Waals surface area contributed by atoms with Gasteiger partial charge in [-0.05, 0) is 69.4 Å². The van der Waals surface area contributed by atoms with Gasteiger partial charge in [0.2, 0.25) is 0 Å². The van der Waals surface area contributed by atoms with Crippen LogP contribution in [0.25, 0.3) is 91.3 Å². The fourth-order valence-corrected chi connectivity index (χ4v) is 8.58. The summed E-state index contributed by atoms with van der Waals surface area (Å²) in [6.07, 6.45) is 0. The number of hydrogen-bond donors (Lipinski definition) is 0. The van der Waals surface area contributed by atoms with Crippen molar-refractivity contribution in [2.45, 2.75) is 0 Å². The van der Waals surface area contributed by atoms with Crippen LogP contribution in [0.5, 0.6) is 0 Å². The van der Waals surface area contributed by atoms with E-state index in [1.54, 1.807) is 0 Å². The molecule has 10 rings (SSSR count). The molecule has 0 atom stereocenters. The van der Waals surface area contributed by atoms with E-state index in [2.05, 4.69) is 156 Å². The number of benzene rings is 7. The fourth-order valence-electron chi connectivity index (χ4n) is 7.42. The van der Waals surface area contributed by atoms with Crippen molar-refractivity contribution < 1.29 is 0 Å². The van der Waals surface area contributed by atoms with Crippen molar-refractivity contribution >= 4 is 80.4 Å². The normalized spacial score (nSPS) is 12.1. The third-order valence-electron chi connectivity index (χ3n) is 9.34. The summed E-state index contributed by atoms with van der Waals surface area (Å²) in [5, 5.41) is 10.4. The summed E-state index contributed by atoms with van der Waals surface area (Å²) in [5.74, 6) is 0. The second kappa shape index (κ2) is 9.03. The van der Waals surface area contributed by atoms with Gasteiger partial charge in [0, 0.05) is 41.7 Å². The Balaban J connectivity index is 1.45. The average Bonchev–Trinajstić information content (AvgIpc) is 3.65. The zero-order valence-electron chi connectivity index (χ0n) is 23.8. The molecule has 0 saturated heterocycles.